The van der Waals surface area contributed by atoms with Gasteiger partial charge in [0.1, 0.15) is 16.2 Å². The molecule has 9 nitrogen and oxygen atoms in total. The minimum atomic E-state index is -0.350. The van der Waals surface area contributed by atoms with E-state index >= 15 is 0 Å². The highest BCUT2D eigenvalue weighted by atomic mass is 32.1. The number of anilines is 1. The topological polar surface area (TPSA) is 99.0 Å². The minimum Gasteiger partial charge on any atom is -0.353 e. The Morgan fingerprint density at radius 1 is 1.09 bits per heavy atom. The van der Waals surface area contributed by atoms with Gasteiger partial charge in [0, 0.05) is 26.2 Å². The quantitative estimate of drug-likeness (QED) is 0.443. The molecule has 3 aromatic heterocycles. The van der Waals surface area contributed by atoms with Gasteiger partial charge in [-0.15, -0.1) is 11.3 Å². The van der Waals surface area contributed by atoms with Crippen molar-refractivity contribution in [2.24, 2.45) is 0 Å². The number of carbonyl (C=O) groups is 2. The van der Waals surface area contributed by atoms with Gasteiger partial charge in [-0.3, -0.25) is 18.8 Å². The summed E-state index contributed by atoms with van der Waals surface area (Å²) < 4.78 is 2.88. The first-order valence-electron chi connectivity index (χ1n) is 12.0. The smallest absolute Gasteiger partial charge is 0.258 e. The van der Waals surface area contributed by atoms with Crippen LogP contribution in [0.3, 0.4) is 0 Å². The van der Waals surface area contributed by atoms with Crippen molar-refractivity contribution >= 4 is 55.0 Å². The third-order valence-electron chi connectivity index (χ3n) is 6.78. The molecule has 10 heteroatoms. The molecule has 180 valence electrons. The summed E-state index contributed by atoms with van der Waals surface area (Å²) in [7, 11) is 0. The maximum absolute atomic E-state index is 13.6. The third kappa shape index (κ3) is 3.92. The van der Waals surface area contributed by atoms with Gasteiger partial charge >= 0.3 is 0 Å². The molecule has 6 rings (SSSR count). The van der Waals surface area contributed by atoms with Gasteiger partial charge in [0.15, 0.2) is 5.65 Å². The van der Waals surface area contributed by atoms with Gasteiger partial charge in [-0.2, -0.15) is 0 Å². The predicted molar refractivity (Wildman–Crippen MR) is 138 cm³/mol. The van der Waals surface area contributed by atoms with E-state index in [1.165, 1.54) is 24.2 Å². The fourth-order valence-corrected chi connectivity index (χ4v) is 6.19. The van der Waals surface area contributed by atoms with E-state index in [-0.39, 0.29) is 29.4 Å². The Balaban J connectivity index is 1.47. The standard InChI is InChI=1S/C25H26N6O3S/c32-20-15-30(14-10-26-20)19-8-7-16-22(33)21(24(34)27-9-13-29-11-3-4-12-29)25-31(23(16)28-19)17-5-1-2-6-18(17)35-25/h1-2,5-8H,3-4,9-15H2,(H,26,32)(H,27,34). The van der Waals surface area contributed by atoms with Crippen LogP contribution in [0.4, 0.5) is 5.82 Å². The number of benzene rings is 1. The second-order valence-electron chi connectivity index (χ2n) is 9.03. The lowest BCUT2D eigenvalue weighted by Crippen LogP contribution is -2.48. The molecule has 2 fully saturated rings. The van der Waals surface area contributed by atoms with Crippen LogP contribution in [0, 0.1) is 0 Å². The number of fused-ring (bicyclic) bond motifs is 5. The lowest BCUT2D eigenvalue weighted by molar-refractivity contribution is -0.120. The number of rotatable bonds is 5. The largest absolute Gasteiger partial charge is 0.353 e. The zero-order valence-corrected chi connectivity index (χ0v) is 20.1. The van der Waals surface area contributed by atoms with Crippen LogP contribution in [-0.2, 0) is 4.79 Å². The van der Waals surface area contributed by atoms with Crippen LogP contribution in [0.5, 0.6) is 0 Å². The van der Waals surface area contributed by atoms with Gasteiger partial charge in [-0.25, -0.2) is 4.98 Å². The molecular formula is C25H26N6O3S. The molecule has 1 aromatic carbocycles. The summed E-state index contributed by atoms with van der Waals surface area (Å²) >= 11 is 1.42. The summed E-state index contributed by atoms with van der Waals surface area (Å²) in [6, 6.07) is 11.3. The number of piperazine rings is 1. The number of aromatic nitrogens is 2. The summed E-state index contributed by atoms with van der Waals surface area (Å²) in [6.45, 7) is 4.81. The lowest BCUT2D eigenvalue weighted by Gasteiger charge is -2.27. The second-order valence-corrected chi connectivity index (χ2v) is 10.1. The van der Waals surface area contributed by atoms with E-state index in [4.69, 9.17) is 4.98 Å². The van der Waals surface area contributed by atoms with Crippen LogP contribution in [0.2, 0.25) is 0 Å². The molecule has 0 radical (unpaired) electrons. The molecule has 0 bridgehead atoms. The zero-order chi connectivity index (χ0) is 23.9. The number of hydrogen-bond donors (Lipinski definition) is 2. The van der Waals surface area contributed by atoms with Crippen molar-refractivity contribution < 1.29 is 9.59 Å². The Labute approximate surface area is 205 Å². The van der Waals surface area contributed by atoms with Gasteiger partial charge in [0.25, 0.3) is 5.91 Å². The normalized spacial score (nSPS) is 16.9. The van der Waals surface area contributed by atoms with Crippen molar-refractivity contribution in [2.75, 3.05) is 50.7 Å². The number of nitrogens with zero attached hydrogens (tertiary/aromatic N) is 4. The first-order chi connectivity index (χ1) is 17.1. The van der Waals surface area contributed by atoms with Crippen molar-refractivity contribution in [2.45, 2.75) is 12.8 Å². The van der Waals surface area contributed by atoms with Crippen LogP contribution < -0.4 is 21.0 Å². The molecule has 2 aliphatic heterocycles. The third-order valence-corrected chi connectivity index (χ3v) is 7.92. The highest BCUT2D eigenvalue weighted by molar-refractivity contribution is 7.24. The number of para-hydroxylation sites is 1. The van der Waals surface area contributed by atoms with Crippen LogP contribution >= 0.6 is 11.3 Å². The summed E-state index contributed by atoms with van der Waals surface area (Å²) in [5, 5.41) is 6.19. The molecule has 2 aliphatic rings. The number of likely N-dealkylation sites (tertiary alicyclic amines) is 1. The first kappa shape index (κ1) is 22.0. The molecule has 2 N–H and O–H groups in total. The van der Waals surface area contributed by atoms with Gasteiger partial charge in [0.05, 0.1) is 22.1 Å². The number of thiazole rings is 1. The van der Waals surface area contributed by atoms with Crippen LogP contribution in [-0.4, -0.2) is 71.9 Å². The van der Waals surface area contributed by atoms with Crippen molar-refractivity contribution in [3.63, 3.8) is 0 Å². The van der Waals surface area contributed by atoms with E-state index in [1.54, 1.807) is 12.1 Å². The number of nitrogens with one attached hydrogen (secondary N) is 2. The summed E-state index contributed by atoms with van der Waals surface area (Å²) in [6.07, 6.45) is 2.39. The maximum atomic E-state index is 13.6. The Hall–Kier alpha value is -3.50. The number of hydrogen-bond acceptors (Lipinski definition) is 7. The molecule has 2 amide bonds. The average Bonchev–Trinajstić information content (AvgIpc) is 3.52. The minimum absolute atomic E-state index is 0.0533. The Morgan fingerprint density at radius 2 is 1.91 bits per heavy atom. The van der Waals surface area contributed by atoms with E-state index in [2.05, 4.69) is 15.5 Å². The molecule has 0 atom stereocenters. The second kappa shape index (κ2) is 8.94. The fourth-order valence-electron chi connectivity index (χ4n) is 5.01. The molecule has 35 heavy (non-hydrogen) atoms. The van der Waals surface area contributed by atoms with Crippen molar-refractivity contribution in [3.8, 4) is 0 Å². The lowest BCUT2D eigenvalue weighted by atomic mass is 10.1. The molecule has 0 saturated carbocycles. The van der Waals surface area contributed by atoms with Gasteiger partial charge in [0.2, 0.25) is 11.3 Å². The van der Waals surface area contributed by atoms with Crippen molar-refractivity contribution in [1.82, 2.24) is 24.9 Å². The monoisotopic (exact) mass is 490 g/mol. The van der Waals surface area contributed by atoms with Gasteiger partial charge < -0.3 is 20.4 Å². The summed E-state index contributed by atoms with van der Waals surface area (Å²) in [4.78, 5) is 48.5. The molecule has 0 unspecified atom stereocenters. The SMILES string of the molecule is O=C1CN(c2ccc3c(=O)c(C(=O)NCCN4CCCC4)c4sc5ccccc5n4c3n2)CCN1. The zero-order valence-electron chi connectivity index (χ0n) is 19.2. The average molecular weight is 491 g/mol. The predicted octanol–water partition coefficient (Wildman–Crippen LogP) is 1.82. The summed E-state index contributed by atoms with van der Waals surface area (Å²) in [5.41, 5.74) is 1.23. The first-order valence-corrected chi connectivity index (χ1v) is 12.8. The highest BCUT2D eigenvalue weighted by Crippen LogP contribution is 2.31. The number of pyridine rings is 2. The van der Waals surface area contributed by atoms with E-state index in [0.717, 1.165) is 29.9 Å². The molecule has 0 aliphatic carbocycles. The summed E-state index contributed by atoms with van der Waals surface area (Å²) in [5.74, 6) is 0.234. The Kier molecular flexibility index (Phi) is 5.62. The van der Waals surface area contributed by atoms with Crippen molar-refractivity contribution in [3.05, 3.63) is 52.2 Å². The van der Waals surface area contributed by atoms with Crippen LogP contribution in [0.25, 0.3) is 26.1 Å². The molecule has 5 heterocycles. The highest BCUT2D eigenvalue weighted by Gasteiger charge is 2.24. The molecule has 2 saturated heterocycles. The number of amides is 2. The van der Waals surface area contributed by atoms with Gasteiger partial charge in [-0.1, -0.05) is 12.1 Å². The Morgan fingerprint density at radius 3 is 2.74 bits per heavy atom. The van der Waals surface area contributed by atoms with E-state index < -0.39 is 0 Å². The molecular weight excluding hydrogens is 464 g/mol. The van der Waals surface area contributed by atoms with E-state index in [9.17, 15) is 14.4 Å². The molecule has 0 spiro atoms. The number of carbonyl (C=O) groups excluding carboxylic acids is 2. The maximum Gasteiger partial charge on any atom is 0.258 e. The van der Waals surface area contributed by atoms with E-state index in [1.807, 2.05) is 33.6 Å². The van der Waals surface area contributed by atoms with E-state index in [0.29, 0.717) is 41.3 Å². The molecule has 4 aromatic rings. The van der Waals surface area contributed by atoms with Gasteiger partial charge in [-0.05, 0) is 50.2 Å². The van der Waals surface area contributed by atoms with Crippen LogP contribution in [0.15, 0.2) is 41.2 Å². The van der Waals surface area contributed by atoms with Crippen LogP contribution in [0.1, 0.15) is 23.2 Å². The fraction of sp³-hybridized carbons (Fsp3) is 0.360. The Bertz CT molecular complexity index is 1520. The van der Waals surface area contributed by atoms with Crippen molar-refractivity contribution in [1.29, 1.82) is 0 Å².